The summed E-state index contributed by atoms with van der Waals surface area (Å²) in [5, 5.41) is 14.8. The van der Waals surface area contributed by atoms with Crippen molar-refractivity contribution in [3.8, 4) is 5.75 Å². The third kappa shape index (κ3) is 9.43. The maximum absolute atomic E-state index is 9.10. The van der Waals surface area contributed by atoms with Crippen molar-refractivity contribution in [3.63, 3.8) is 0 Å². The number of hydrogen-bond acceptors (Lipinski definition) is 5. The van der Waals surface area contributed by atoms with Crippen molar-refractivity contribution in [2.75, 3.05) is 27.2 Å². The second kappa shape index (κ2) is 12.0. The van der Waals surface area contributed by atoms with Crippen LogP contribution in [0.3, 0.4) is 0 Å². The van der Waals surface area contributed by atoms with Gasteiger partial charge >= 0.3 is 11.9 Å². The SMILES string of the molecule is Cc1ccc(OCC(Cc2ccccc2)CN(C)C)c(S)c1.O=C(O)C(=O)O. The molecule has 0 aliphatic carbocycles. The second-order valence-electron chi connectivity index (χ2n) is 6.71. The van der Waals surface area contributed by atoms with Gasteiger partial charge < -0.3 is 19.8 Å². The van der Waals surface area contributed by atoms with Crippen LogP contribution in [-0.4, -0.2) is 54.3 Å². The Balaban J connectivity index is 0.000000568. The number of ether oxygens (including phenoxy) is 1. The van der Waals surface area contributed by atoms with Gasteiger partial charge in [0, 0.05) is 17.4 Å². The molecule has 6 nitrogen and oxygen atoms in total. The molecule has 1 unspecified atom stereocenters. The van der Waals surface area contributed by atoms with E-state index in [1.54, 1.807) is 0 Å². The fourth-order valence-electron chi connectivity index (χ4n) is 2.60. The summed E-state index contributed by atoms with van der Waals surface area (Å²) in [6.45, 7) is 3.76. The van der Waals surface area contributed by atoms with Crippen LogP contribution >= 0.6 is 12.6 Å². The number of aryl methyl sites for hydroxylation is 1. The van der Waals surface area contributed by atoms with Gasteiger partial charge in [-0.05, 0) is 50.7 Å². The van der Waals surface area contributed by atoms with Crippen LogP contribution in [0.4, 0.5) is 0 Å². The highest BCUT2D eigenvalue weighted by atomic mass is 32.1. The minimum Gasteiger partial charge on any atom is -0.492 e. The quantitative estimate of drug-likeness (QED) is 0.484. The smallest absolute Gasteiger partial charge is 0.414 e. The normalized spacial score (nSPS) is 11.3. The van der Waals surface area contributed by atoms with Gasteiger partial charge in [-0.2, -0.15) is 0 Å². The molecule has 0 heterocycles. The standard InChI is InChI=1S/C19H25NOS.C2H2O4/c1-15-9-10-18(19(22)11-15)21-14-17(13-20(2)3)12-16-7-5-4-6-8-16;3-1(4)2(5)6/h4-11,17,22H,12-14H2,1-3H3;(H,3,4)(H,5,6). The predicted octanol–water partition coefficient (Wildman–Crippen LogP) is 3.24. The predicted molar refractivity (Wildman–Crippen MR) is 111 cm³/mol. The van der Waals surface area contributed by atoms with Crippen molar-refractivity contribution in [2.45, 2.75) is 18.2 Å². The van der Waals surface area contributed by atoms with E-state index in [0.29, 0.717) is 12.5 Å². The second-order valence-corrected chi connectivity index (χ2v) is 7.19. The van der Waals surface area contributed by atoms with E-state index in [9.17, 15) is 0 Å². The van der Waals surface area contributed by atoms with E-state index < -0.39 is 11.9 Å². The third-order valence-corrected chi connectivity index (χ3v) is 4.11. The van der Waals surface area contributed by atoms with Crippen molar-refractivity contribution in [1.29, 1.82) is 0 Å². The van der Waals surface area contributed by atoms with Gasteiger partial charge in [0.1, 0.15) is 5.75 Å². The summed E-state index contributed by atoms with van der Waals surface area (Å²) >= 11 is 4.50. The maximum Gasteiger partial charge on any atom is 0.414 e. The van der Waals surface area contributed by atoms with Crippen molar-refractivity contribution in [3.05, 3.63) is 59.7 Å². The molecule has 0 aliphatic heterocycles. The lowest BCUT2D eigenvalue weighted by molar-refractivity contribution is -0.159. The first-order valence-electron chi connectivity index (χ1n) is 8.76. The Labute approximate surface area is 171 Å². The Morgan fingerprint density at radius 3 is 2.18 bits per heavy atom. The number of hydrogen-bond donors (Lipinski definition) is 3. The molecule has 2 aromatic rings. The van der Waals surface area contributed by atoms with E-state index in [1.165, 1.54) is 11.1 Å². The van der Waals surface area contributed by atoms with E-state index in [1.807, 2.05) is 12.1 Å². The number of rotatable bonds is 7. The van der Waals surface area contributed by atoms with E-state index in [2.05, 4.69) is 74.9 Å². The number of aliphatic carboxylic acids is 2. The summed E-state index contributed by atoms with van der Waals surface area (Å²) in [7, 11) is 4.21. The number of nitrogens with zero attached hydrogens (tertiary/aromatic N) is 1. The van der Waals surface area contributed by atoms with Gasteiger partial charge in [-0.1, -0.05) is 36.4 Å². The summed E-state index contributed by atoms with van der Waals surface area (Å²) in [6, 6.07) is 16.7. The third-order valence-electron chi connectivity index (χ3n) is 3.76. The molecule has 0 radical (unpaired) electrons. The Morgan fingerprint density at radius 1 is 1.07 bits per heavy atom. The fourth-order valence-corrected chi connectivity index (χ4v) is 2.94. The summed E-state index contributed by atoms with van der Waals surface area (Å²) < 4.78 is 6.02. The summed E-state index contributed by atoms with van der Waals surface area (Å²) in [5.41, 5.74) is 2.56. The first-order valence-corrected chi connectivity index (χ1v) is 9.21. The Kier molecular flexibility index (Phi) is 10.1. The van der Waals surface area contributed by atoms with Gasteiger partial charge in [0.25, 0.3) is 0 Å². The highest BCUT2D eigenvalue weighted by Crippen LogP contribution is 2.24. The first-order chi connectivity index (χ1) is 13.2. The Bertz CT molecular complexity index is 753. The zero-order valence-corrected chi connectivity index (χ0v) is 17.2. The van der Waals surface area contributed by atoms with Crippen LogP contribution in [0.15, 0.2) is 53.4 Å². The van der Waals surface area contributed by atoms with Gasteiger partial charge in [-0.15, -0.1) is 12.6 Å². The van der Waals surface area contributed by atoms with Crippen LogP contribution in [-0.2, 0) is 16.0 Å². The maximum atomic E-state index is 9.10. The Hall–Kier alpha value is -2.51. The molecule has 0 saturated heterocycles. The van der Waals surface area contributed by atoms with Crippen molar-refractivity contribution >= 4 is 24.6 Å². The van der Waals surface area contributed by atoms with E-state index in [4.69, 9.17) is 24.5 Å². The van der Waals surface area contributed by atoms with Crippen molar-refractivity contribution in [2.24, 2.45) is 5.92 Å². The topological polar surface area (TPSA) is 87.1 Å². The van der Waals surface area contributed by atoms with Crippen LogP contribution in [0.25, 0.3) is 0 Å². The molecule has 2 aromatic carbocycles. The number of benzene rings is 2. The minimum absolute atomic E-state index is 0.450. The fraction of sp³-hybridized carbons (Fsp3) is 0.333. The van der Waals surface area contributed by atoms with Gasteiger partial charge in [0.2, 0.25) is 0 Å². The van der Waals surface area contributed by atoms with Crippen molar-refractivity contribution < 1.29 is 24.5 Å². The average molecular weight is 406 g/mol. The highest BCUT2D eigenvalue weighted by molar-refractivity contribution is 7.80. The lowest BCUT2D eigenvalue weighted by atomic mass is 9.99. The lowest BCUT2D eigenvalue weighted by Crippen LogP contribution is -2.28. The number of thiol groups is 1. The van der Waals surface area contributed by atoms with E-state index in [-0.39, 0.29) is 0 Å². The number of carboxylic acid groups (broad SMARTS) is 2. The highest BCUT2D eigenvalue weighted by Gasteiger charge is 2.13. The molecule has 0 amide bonds. The molecule has 28 heavy (non-hydrogen) atoms. The largest absolute Gasteiger partial charge is 0.492 e. The van der Waals surface area contributed by atoms with E-state index in [0.717, 1.165) is 23.6 Å². The van der Waals surface area contributed by atoms with Crippen LogP contribution < -0.4 is 4.74 Å². The molecule has 0 aliphatic rings. The van der Waals surface area contributed by atoms with Crippen LogP contribution in [0.1, 0.15) is 11.1 Å². The zero-order chi connectivity index (χ0) is 21.1. The lowest BCUT2D eigenvalue weighted by Gasteiger charge is -2.22. The molecule has 0 aromatic heterocycles. The molecule has 152 valence electrons. The molecule has 2 N–H and O–H groups in total. The zero-order valence-electron chi connectivity index (χ0n) is 16.3. The molecule has 0 saturated carbocycles. The van der Waals surface area contributed by atoms with Crippen LogP contribution in [0, 0.1) is 12.8 Å². The van der Waals surface area contributed by atoms with E-state index >= 15 is 0 Å². The van der Waals surface area contributed by atoms with Crippen molar-refractivity contribution in [1.82, 2.24) is 4.90 Å². The molecule has 0 spiro atoms. The molecule has 0 bridgehead atoms. The monoisotopic (exact) mass is 405 g/mol. The van der Waals surface area contributed by atoms with Gasteiger partial charge in [-0.3, -0.25) is 0 Å². The molecule has 7 heteroatoms. The first kappa shape index (κ1) is 23.5. The van der Waals surface area contributed by atoms with Gasteiger partial charge in [-0.25, -0.2) is 9.59 Å². The summed E-state index contributed by atoms with van der Waals surface area (Å²) in [6.07, 6.45) is 1.02. The molecular weight excluding hydrogens is 378 g/mol. The summed E-state index contributed by atoms with van der Waals surface area (Å²) in [5.74, 6) is -2.33. The van der Waals surface area contributed by atoms with Gasteiger partial charge in [0.15, 0.2) is 0 Å². The van der Waals surface area contributed by atoms with Gasteiger partial charge in [0.05, 0.1) is 6.61 Å². The molecule has 0 fully saturated rings. The molecular formula is C21H27NO5S. The minimum atomic E-state index is -1.82. The molecule has 1 atom stereocenters. The summed E-state index contributed by atoms with van der Waals surface area (Å²) in [4.78, 5) is 21.3. The number of carboxylic acids is 2. The van der Waals surface area contributed by atoms with Crippen LogP contribution in [0.5, 0.6) is 5.75 Å². The number of carbonyl (C=O) groups is 2. The van der Waals surface area contributed by atoms with Crippen LogP contribution in [0.2, 0.25) is 0 Å². The average Bonchev–Trinajstić information content (AvgIpc) is 2.61. The molecule has 2 rings (SSSR count). The Morgan fingerprint density at radius 2 is 1.68 bits per heavy atom.